The summed E-state index contributed by atoms with van der Waals surface area (Å²) in [4.78, 5) is 0. The lowest BCUT2D eigenvalue weighted by atomic mass is 9.72. The van der Waals surface area contributed by atoms with Gasteiger partial charge in [0.2, 0.25) is 0 Å². The average Bonchev–Trinajstić information content (AvgIpc) is 2.69. The van der Waals surface area contributed by atoms with Crippen LogP contribution in [0.25, 0.3) is 0 Å². The molecule has 28 heavy (non-hydrogen) atoms. The van der Waals surface area contributed by atoms with E-state index < -0.39 is 30.8 Å². The molecule has 0 bridgehead atoms. The maximum atomic E-state index is 10.6. The van der Waals surface area contributed by atoms with Gasteiger partial charge in [-0.05, 0) is 13.3 Å². The number of aliphatic hydroxyl groups excluding tert-OH is 3. The van der Waals surface area contributed by atoms with Gasteiger partial charge in [0.05, 0.1) is 30.8 Å². The van der Waals surface area contributed by atoms with Gasteiger partial charge in [0.1, 0.15) is 0 Å². The minimum absolute atomic E-state index is 0.411. The summed E-state index contributed by atoms with van der Waals surface area (Å²) in [7, 11) is 0. The molecule has 0 radical (unpaired) electrons. The van der Waals surface area contributed by atoms with Crippen molar-refractivity contribution >= 4 is 0 Å². The predicted octanol–water partition coefficient (Wildman–Crippen LogP) is 5.35. The third kappa shape index (κ3) is 11.7. The summed E-state index contributed by atoms with van der Waals surface area (Å²) >= 11 is 0. The first-order valence-corrected chi connectivity index (χ1v) is 12.0. The second-order valence-electron chi connectivity index (χ2n) is 9.08. The van der Waals surface area contributed by atoms with E-state index in [0.29, 0.717) is 6.42 Å². The Balaban J connectivity index is 3.48. The highest BCUT2D eigenvalue weighted by atomic mass is 16.3. The average molecular weight is 403 g/mol. The first kappa shape index (κ1) is 27.8. The highest BCUT2D eigenvalue weighted by molar-refractivity contribution is 4.95. The van der Waals surface area contributed by atoms with Crippen LogP contribution in [0, 0.1) is 5.41 Å². The fourth-order valence-electron chi connectivity index (χ4n) is 3.94. The molecular formula is C24H50O4. The molecule has 0 aliphatic heterocycles. The van der Waals surface area contributed by atoms with Crippen LogP contribution in [0.2, 0.25) is 0 Å². The number of rotatable bonds is 21. The summed E-state index contributed by atoms with van der Waals surface area (Å²) in [6, 6.07) is 0. The molecule has 1 atom stereocenters. The van der Waals surface area contributed by atoms with E-state index in [1.165, 1.54) is 83.5 Å². The molecule has 0 heterocycles. The maximum Gasteiger partial charge on any atom is 0.0741 e. The maximum absolute atomic E-state index is 10.6. The van der Waals surface area contributed by atoms with Crippen LogP contribution >= 0.6 is 0 Å². The highest BCUT2D eigenvalue weighted by Gasteiger charge is 2.45. The lowest BCUT2D eigenvalue weighted by Crippen LogP contribution is -2.53. The molecule has 0 aliphatic carbocycles. The van der Waals surface area contributed by atoms with E-state index in [0.717, 1.165) is 19.3 Å². The van der Waals surface area contributed by atoms with Crippen molar-refractivity contribution in [2.45, 2.75) is 129 Å². The molecule has 4 N–H and O–H groups in total. The number of hydrogen-bond donors (Lipinski definition) is 4. The first-order chi connectivity index (χ1) is 13.5. The molecule has 0 amide bonds. The van der Waals surface area contributed by atoms with Crippen LogP contribution in [-0.4, -0.2) is 45.8 Å². The van der Waals surface area contributed by atoms with Gasteiger partial charge in [0.15, 0.2) is 0 Å². The molecule has 0 aromatic heterocycles. The van der Waals surface area contributed by atoms with Gasteiger partial charge in [-0.1, -0.05) is 110 Å². The zero-order valence-electron chi connectivity index (χ0n) is 18.9. The smallest absolute Gasteiger partial charge is 0.0741 e. The molecule has 0 fully saturated rings. The van der Waals surface area contributed by atoms with Gasteiger partial charge in [0.25, 0.3) is 0 Å². The second kappa shape index (κ2) is 17.7. The van der Waals surface area contributed by atoms with Crippen molar-refractivity contribution < 1.29 is 20.4 Å². The quantitative estimate of drug-likeness (QED) is 0.195. The standard InChI is InChI=1S/C24H50O4/c1-3-4-5-6-7-8-9-10-11-12-13-14-15-16-17-18-19-23(2,28)24(20-25,21-26)22-27/h25-28H,3-22H2,1-2H3. The molecule has 170 valence electrons. The third-order valence-electron chi connectivity index (χ3n) is 6.57. The van der Waals surface area contributed by atoms with Crippen LogP contribution in [0.3, 0.4) is 0 Å². The molecule has 0 aromatic rings. The monoisotopic (exact) mass is 402 g/mol. The van der Waals surface area contributed by atoms with E-state index in [-0.39, 0.29) is 0 Å². The number of aliphatic hydroxyl groups is 4. The summed E-state index contributed by atoms with van der Waals surface area (Å²) in [6.07, 6.45) is 21.4. The summed E-state index contributed by atoms with van der Waals surface area (Å²) in [5.41, 5.74) is -2.47. The van der Waals surface area contributed by atoms with Crippen molar-refractivity contribution in [3.05, 3.63) is 0 Å². The fraction of sp³-hybridized carbons (Fsp3) is 1.00. The van der Waals surface area contributed by atoms with Gasteiger partial charge < -0.3 is 20.4 Å². The van der Waals surface area contributed by atoms with Gasteiger partial charge in [-0.2, -0.15) is 0 Å². The summed E-state index contributed by atoms with van der Waals surface area (Å²) < 4.78 is 0. The molecule has 4 heteroatoms. The predicted molar refractivity (Wildman–Crippen MR) is 118 cm³/mol. The number of unbranched alkanes of at least 4 members (excludes halogenated alkanes) is 15. The van der Waals surface area contributed by atoms with Crippen LogP contribution in [0.4, 0.5) is 0 Å². The molecule has 0 saturated heterocycles. The normalized spacial score (nSPS) is 14.4. The Morgan fingerprint density at radius 1 is 0.500 bits per heavy atom. The summed E-state index contributed by atoms with van der Waals surface area (Å²) in [5.74, 6) is 0. The lowest BCUT2D eigenvalue weighted by molar-refractivity contribution is -0.147. The van der Waals surface area contributed by atoms with Crippen molar-refractivity contribution in [3.63, 3.8) is 0 Å². The van der Waals surface area contributed by atoms with Crippen LogP contribution in [0.15, 0.2) is 0 Å². The molecule has 4 nitrogen and oxygen atoms in total. The first-order valence-electron chi connectivity index (χ1n) is 12.0. The minimum atomic E-state index is -1.25. The Morgan fingerprint density at radius 3 is 1.07 bits per heavy atom. The molecule has 1 unspecified atom stereocenters. The van der Waals surface area contributed by atoms with Crippen molar-refractivity contribution in [2.75, 3.05) is 19.8 Å². The number of hydrogen-bond acceptors (Lipinski definition) is 4. The molecule has 0 rings (SSSR count). The van der Waals surface area contributed by atoms with E-state index in [4.69, 9.17) is 0 Å². The largest absolute Gasteiger partial charge is 0.395 e. The Bertz CT molecular complexity index is 318. The van der Waals surface area contributed by atoms with E-state index >= 15 is 0 Å². The molecule has 0 aromatic carbocycles. The van der Waals surface area contributed by atoms with Crippen LogP contribution in [0.5, 0.6) is 0 Å². The van der Waals surface area contributed by atoms with Crippen molar-refractivity contribution in [1.29, 1.82) is 0 Å². The second-order valence-corrected chi connectivity index (χ2v) is 9.08. The zero-order chi connectivity index (χ0) is 21.1. The summed E-state index contributed by atoms with van der Waals surface area (Å²) in [6.45, 7) is 2.65. The summed E-state index contributed by atoms with van der Waals surface area (Å²) in [5, 5.41) is 39.0. The molecule has 0 saturated carbocycles. The van der Waals surface area contributed by atoms with Crippen LogP contribution < -0.4 is 0 Å². The Morgan fingerprint density at radius 2 is 0.786 bits per heavy atom. The van der Waals surface area contributed by atoms with Crippen LogP contribution in [0.1, 0.15) is 123 Å². The van der Waals surface area contributed by atoms with Gasteiger partial charge in [-0.3, -0.25) is 0 Å². The van der Waals surface area contributed by atoms with E-state index in [1.807, 2.05) is 0 Å². The zero-order valence-corrected chi connectivity index (χ0v) is 18.9. The Labute approximate surface area is 174 Å². The highest BCUT2D eigenvalue weighted by Crippen LogP contribution is 2.34. The Hall–Kier alpha value is -0.160. The van der Waals surface area contributed by atoms with E-state index in [9.17, 15) is 20.4 Å². The van der Waals surface area contributed by atoms with E-state index in [1.54, 1.807) is 6.92 Å². The third-order valence-corrected chi connectivity index (χ3v) is 6.57. The Kier molecular flexibility index (Phi) is 17.6. The van der Waals surface area contributed by atoms with Gasteiger partial charge in [0, 0.05) is 0 Å². The SMILES string of the molecule is CCCCCCCCCCCCCCCCCCC(C)(O)C(CO)(CO)CO. The lowest BCUT2D eigenvalue weighted by Gasteiger charge is -2.41. The molecular weight excluding hydrogens is 352 g/mol. The van der Waals surface area contributed by atoms with Crippen molar-refractivity contribution in [1.82, 2.24) is 0 Å². The van der Waals surface area contributed by atoms with Crippen molar-refractivity contribution in [2.24, 2.45) is 5.41 Å². The molecule has 0 spiro atoms. The van der Waals surface area contributed by atoms with Gasteiger partial charge >= 0.3 is 0 Å². The van der Waals surface area contributed by atoms with Crippen molar-refractivity contribution in [3.8, 4) is 0 Å². The van der Waals surface area contributed by atoms with E-state index in [2.05, 4.69) is 6.92 Å². The van der Waals surface area contributed by atoms with Gasteiger partial charge in [-0.15, -0.1) is 0 Å². The van der Waals surface area contributed by atoms with Gasteiger partial charge in [-0.25, -0.2) is 0 Å². The topological polar surface area (TPSA) is 80.9 Å². The van der Waals surface area contributed by atoms with Crippen LogP contribution in [-0.2, 0) is 0 Å². The fourth-order valence-corrected chi connectivity index (χ4v) is 3.94. The minimum Gasteiger partial charge on any atom is -0.395 e. The molecule has 0 aliphatic rings.